The molecule has 5 nitrogen and oxygen atoms in total. The van der Waals surface area contributed by atoms with E-state index in [0.717, 1.165) is 10.6 Å². The Balaban J connectivity index is 2.75. The summed E-state index contributed by atoms with van der Waals surface area (Å²) in [5, 5.41) is 3.78. The summed E-state index contributed by atoms with van der Waals surface area (Å²) >= 11 is 5.57. The van der Waals surface area contributed by atoms with Crippen molar-refractivity contribution >= 4 is 23.3 Å². The molecule has 0 atom stereocenters. The fourth-order valence-corrected chi connectivity index (χ4v) is 1.34. The maximum absolute atomic E-state index is 11.6. The van der Waals surface area contributed by atoms with E-state index in [1.165, 1.54) is 14.2 Å². The lowest BCUT2D eigenvalue weighted by molar-refractivity contribution is -0.0598. The number of hydrogen-bond donors (Lipinski definition) is 1. The lowest BCUT2D eigenvalue weighted by Crippen LogP contribution is -2.30. The van der Waals surface area contributed by atoms with Crippen LogP contribution in [-0.2, 0) is 4.84 Å². The Morgan fingerprint density at radius 1 is 1.50 bits per heavy atom. The fourth-order valence-electron chi connectivity index (χ4n) is 1.27. The van der Waals surface area contributed by atoms with Crippen molar-refractivity contribution in [2.45, 2.75) is 6.92 Å². The van der Waals surface area contributed by atoms with Crippen molar-refractivity contribution in [3.05, 3.63) is 23.8 Å². The van der Waals surface area contributed by atoms with E-state index in [1.807, 2.05) is 13.0 Å². The number of hydroxylamine groups is 2. The Morgan fingerprint density at radius 2 is 2.22 bits per heavy atom. The van der Waals surface area contributed by atoms with Crippen molar-refractivity contribution in [3.8, 4) is 5.75 Å². The molecule has 0 spiro atoms. The number of carbonyl (C=O) groups excluding carboxylic acids is 1. The van der Waals surface area contributed by atoms with E-state index in [4.69, 9.17) is 21.2 Å². The van der Waals surface area contributed by atoms with Gasteiger partial charge in [-0.05, 0) is 18.6 Å². The van der Waals surface area contributed by atoms with Crippen LogP contribution in [0.1, 0.15) is 5.56 Å². The molecule has 0 unspecified atom stereocenters. The lowest BCUT2D eigenvalue weighted by atomic mass is 10.2. The Bertz CT molecular complexity index is 412. The van der Waals surface area contributed by atoms with Gasteiger partial charge in [-0.1, -0.05) is 6.07 Å². The van der Waals surface area contributed by atoms with E-state index in [2.05, 4.69) is 5.32 Å². The van der Waals surface area contributed by atoms with E-state index >= 15 is 0 Å². The first-order chi connectivity index (χ1) is 8.58. The number of nitrogens with zero attached hydrogens (tertiary/aromatic N) is 1. The molecule has 0 radical (unpaired) electrons. The topological polar surface area (TPSA) is 50.8 Å². The van der Waals surface area contributed by atoms with E-state index < -0.39 is 0 Å². The first-order valence-electron chi connectivity index (χ1n) is 5.46. The third-order valence-corrected chi connectivity index (χ3v) is 2.49. The predicted octanol–water partition coefficient (Wildman–Crippen LogP) is 2.64. The summed E-state index contributed by atoms with van der Waals surface area (Å²) in [6, 6.07) is 5.06. The minimum absolute atomic E-state index is 0.357. The molecule has 1 aromatic rings. The van der Waals surface area contributed by atoms with Crippen LogP contribution in [0.15, 0.2) is 18.2 Å². The molecule has 1 rings (SSSR count). The SMILES string of the molecule is CON(C)C(=O)Nc1ccc(C)c(OCCCl)c1. The van der Waals surface area contributed by atoms with Crippen LogP contribution in [0, 0.1) is 6.92 Å². The zero-order valence-electron chi connectivity index (χ0n) is 10.7. The number of carbonyl (C=O) groups is 1. The number of aryl methyl sites for hydroxylation is 1. The van der Waals surface area contributed by atoms with Crippen LogP contribution >= 0.6 is 11.6 Å². The zero-order valence-corrected chi connectivity index (χ0v) is 11.5. The number of benzene rings is 1. The Hall–Kier alpha value is -1.46. The summed E-state index contributed by atoms with van der Waals surface area (Å²) in [6.07, 6.45) is 0. The van der Waals surface area contributed by atoms with E-state index in [9.17, 15) is 4.79 Å². The molecule has 0 bridgehead atoms. The summed E-state index contributed by atoms with van der Waals surface area (Å²) in [4.78, 5) is 16.4. The molecule has 0 aliphatic rings. The van der Waals surface area contributed by atoms with Crippen LogP contribution in [0.4, 0.5) is 10.5 Å². The number of urea groups is 1. The van der Waals surface area contributed by atoms with Gasteiger partial charge in [0.15, 0.2) is 0 Å². The average Bonchev–Trinajstić information content (AvgIpc) is 2.38. The summed E-state index contributed by atoms with van der Waals surface area (Å²) in [7, 11) is 2.94. The van der Waals surface area contributed by atoms with Gasteiger partial charge in [-0.2, -0.15) is 0 Å². The number of nitrogens with one attached hydrogen (secondary N) is 1. The van der Waals surface area contributed by atoms with E-state index in [-0.39, 0.29) is 6.03 Å². The molecule has 18 heavy (non-hydrogen) atoms. The van der Waals surface area contributed by atoms with Crippen LogP contribution < -0.4 is 10.1 Å². The van der Waals surface area contributed by atoms with Gasteiger partial charge < -0.3 is 10.1 Å². The maximum atomic E-state index is 11.6. The first-order valence-corrected chi connectivity index (χ1v) is 6.00. The van der Waals surface area contributed by atoms with Gasteiger partial charge in [-0.3, -0.25) is 4.84 Å². The minimum atomic E-state index is -0.357. The minimum Gasteiger partial charge on any atom is -0.492 e. The second-order valence-electron chi connectivity index (χ2n) is 3.63. The standard InChI is InChI=1S/C12H17ClN2O3/c1-9-4-5-10(8-11(9)18-7-6-13)14-12(16)15(2)17-3/h4-5,8H,6-7H2,1-3H3,(H,14,16). The van der Waals surface area contributed by atoms with Crippen molar-refractivity contribution in [1.82, 2.24) is 5.06 Å². The third-order valence-electron chi connectivity index (χ3n) is 2.33. The maximum Gasteiger partial charge on any atom is 0.345 e. The Kier molecular flexibility index (Phi) is 5.74. The summed E-state index contributed by atoms with van der Waals surface area (Å²) in [5.41, 5.74) is 1.62. The molecule has 6 heteroatoms. The van der Waals surface area contributed by atoms with E-state index in [1.54, 1.807) is 12.1 Å². The average molecular weight is 273 g/mol. The van der Waals surface area contributed by atoms with Crippen molar-refractivity contribution in [3.63, 3.8) is 0 Å². The van der Waals surface area contributed by atoms with Gasteiger partial charge in [0.1, 0.15) is 12.4 Å². The number of ether oxygens (including phenoxy) is 1. The molecule has 0 fully saturated rings. The molecular weight excluding hydrogens is 256 g/mol. The van der Waals surface area contributed by atoms with Crippen molar-refractivity contribution in [1.29, 1.82) is 0 Å². The van der Waals surface area contributed by atoms with Crippen LogP contribution in [0.5, 0.6) is 5.75 Å². The molecule has 0 heterocycles. The monoisotopic (exact) mass is 272 g/mol. The Labute approximate surface area is 112 Å². The number of amides is 2. The highest BCUT2D eigenvalue weighted by Crippen LogP contribution is 2.22. The van der Waals surface area contributed by atoms with Gasteiger partial charge in [-0.15, -0.1) is 11.6 Å². The molecule has 0 saturated carbocycles. The number of rotatable bonds is 5. The number of anilines is 1. The number of alkyl halides is 1. The van der Waals surface area contributed by atoms with Crippen LogP contribution in [0.2, 0.25) is 0 Å². The van der Waals surface area contributed by atoms with Gasteiger partial charge >= 0.3 is 6.03 Å². The van der Waals surface area contributed by atoms with Gasteiger partial charge in [0, 0.05) is 18.8 Å². The molecule has 0 aliphatic carbocycles. The van der Waals surface area contributed by atoms with Crippen molar-refractivity contribution < 1.29 is 14.4 Å². The Morgan fingerprint density at radius 3 is 2.83 bits per heavy atom. The fraction of sp³-hybridized carbons (Fsp3) is 0.417. The molecule has 1 aromatic carbocycles. The molecule has 1 N–H and O–H groups in total. The van der Waals surface area contributed by atoms with Crippen molar-refractivity contribution in [2.75, 3.05) is 32.0 Å². The third kappa shape index (κ3) is 4.09. The predicted molar refractivity (Wildman–Crippen MR) is 71.2 cm³/mol. The quantitative estimate of drug-likeness (QED) is 0.662. The summed E-state index contributed by atoms with van der Waals surface area (Å²) in [5.74, 6) is 1.12. The molecular formula is C12H17ClN2O3. The smallest absolute Gasteiger partial charge is 0.345 e. The molecule has 100 valence electrons. The van der Waals surface area contributed by atoms with Crippen LogP contribution in [0.3, 0.4) is 0 Å². The number of halogens is 1. The highest BCUT2D eigenvalue weighted by atomic mass is 35.5. The summed E-state index contributed by atoms with van der Waals surface area (Å²) < 4.78 is 5.47. The van der Waals surface area contributed by atoms with Gasteiger partial charge in [0.25, 0.3) is 0 Å². The second-order valence-corrected chi connectivity index (χ2v) is 4.01. The van der Waals surface area contributed by atoms with E-state index in [0.29, 0.717) is 23.9 Å². The second kappa shape index (κ2) is 7.08. The first kappa shape index (κ1) is 14.6. The van der Waals surface area contributed by atoms with Crippen LogP contribution in [0.25, 0.3) is 0 Å². The van der Waals surface area contributed by atoms with Gasteiger partial charge in [0.2, 0.25) is 0 Å². The molecule has 0 saturated heterocycles. The lowest BCUT2D eigenvalue weighted by Gasteiger charge is -2.15. The van der Waals surface area contributed by atoms with Gasteiger partial charge in [0.05, 0.1) is 13.0 Å². The highest BCUT2D eigenvalue weighted by molar-refractivity contribution is 6.18. The van der Waals surface area contributed by atoms with Gasteiger partial charge in [-0.25, -0.2) is 9.86 Å². The molecule has 0 aliphatic heterocycles. The van der Waals surface area contributed by atoms with Crippen LogP contribution in [-0.4, -0.2) is 37.7 Å². The van der Waals surface area contributed by atoms with Crippen molar-refractivity contribution in [2.24, 2.45) is 0 Å². The molecule has 2 amide bonds. The number of hydrogen-bond acceptors (Lipinski definition) is 3. The normalized spacial score (nSPS) is 10.0. The molecule has 0 aromatic heterocycles. The zero-order chi connectivity index (χ0) is 13.5. The summed E-state index contributed by atoms with van der Waals surface area (Å²) in [6.45, 7) is 2.36. The largest absolute Gasteiger partial charge is 0.492 e. The highest BCUT2D eigenvalue weighted by Gasteiger charge is 2.09.